The summed E-state index contributed by atoms with van der Waals surface area (Å²) in [6.45, 7) is 6.00. The molecule has 0 aliphatic carbocycles. The highest BCUT2D eigenvalue weighted by Crippen LogP contribution is 2.24. The zero-order chi connectivity index (χ0) is 13.7. The van der Waals surface area contributed by atoms with Crippen LogP contribution < -0.4 is 5.32 Å². The second-order valence-electron chi connectivity index (χ2n) is 5.17. The van der Waals surface area contributed by atoms with Crippen molar-refractivity contribution >= 4 is 11.0 Å². The first-order valence-corrected chi connectivity index (χ1v) is 6.98. The second-order valence-corrected chi connectivity index (χ2v) is 5.17. The van der Waals surface area contributed by atoms with E-state index in [1.807, 2.05) is 24.3 Å². The van der Waals surface area contributed by atoms with Gasteiger partial charge in [0.05, 0.1) is 17.6 Å². The highest BCUT2D eigenvalue weighted by atomic mass is 16.3. The van der Waals surface area contributed by atoms with Crippen molar-refractivity contribution < 1.29 is 5.11 Å². The van der Waals surface area contributed by atoms with Gasteiger partial charge in [-0.25, -0.2) is 4.98 Å². The fourth-order valence-electron chi connectivity index (χ4n) is 2.31. The number of hydrogen-bond acceptors (Lipinski definition) is 3. The van der Waals surface area contributed by atoms with Crippen LogP contribution >= 0.6 is 0 Å². The molecule has 0 unspecified atom stereocenters. The van der Waals surface area contributed by atoms with Gasteiger partial charge >= 0.3 is 0 Å². The maximum absolute atomic E-state index is 9.52. The Morgan fingerprint density at radius 2 is 2.00 bits per heavy atom. The first kappa shape index (κ1) is 14.0. The van der Waals surface area contributed by atoms with Crippen LogP contribution in [-0.2, 0) is 6.54 Å². The number of fused-ring (bicyclic) bond motifs is 1. The summed E-state index contributed by atoms with van der Waals surface area (Å²) in [5.74, 6) is 0.945. The van der Waals surface area contributed by atoms with Gasteiger partial charge < -0.3 is 15.4 Å². The quantitative estimate of drug-likeness (QED) is 0.717. The van der Waals surface area contributed by atoms with Crippen LogP contribution in [0.5, 0.6) is 0 Å². The van der Waals surface area contributed by atoms with Gasteiger partial charge in [0, 0.05) is 18.6 Å². The Morgan fingerprint density at radius 1 is 1.26 bits per heavy atom. The molecule has 0 spiro atoms. The van der Waals surface area contributed by atoms with E-state index in [0.717, 1.165) is 36.2 Å². The third-order valence-electron chi connectivity index (χ3n) is 4.07. The van der Waals surface area contributed by atoms with Gasteiger partial charge in [0.15, 0.2) is 0 Å². The smallest absolute Gasteiger partial charge is 0.121 e. The van der Waals surface area contributed by atoms with E-state index in [4.69, 9.17) is 0 Å². The minimum Gasteiger partial charge on any atom is -0.396 e. The third-order valence-corrected chi connectivity index (χ3v) is 4.07. The molecule has 0 aliphatic rings. The number of H-pyrrole nitrogens is 1. The van der Waals surface area contributed by atoms with Crippen LogP contribution in [0.15, 0.2) is 24.3 Å². The summed E-state index contributed by atoms with van der Waals surface area (Å²) in [5, 5.41) is 12.9. The third kappa shape index (κ3) is 3.14. The van der Waals surface area contributed by atoms with Crippen LogP contribution in [0, 0.1) is 5.41 Å². The summed E-state index contributed by atoms with van der Waals surface area (Å²) < 4.78 is 0. The van der Waals surface area contributed by atoms with Crippen molar-refractivity contribution in [2.24, 2.45) is 5.41 Å². The molecule has 1 heterocycles. The average molecular weight is 261 g/mol. The number of rotatable bonds is 7. The van der Waals surface area contributed by atoms with Gasteiger partial charge in [-0.2, -0.15) is 0 Å². The molecule has 0 radical (unpaired) electrons. The predicted octanol–water partition coefficient (Wildman–Crippen LogP) is 2.45. The molecule has 1 aromatic carbocycles. The minimum absolute atomic E-state index is 0.00792. The van der Waals surface area contributed by atoms with Gasteiger partial charge in [0.25, 0.3) is 0 Å². The normalized spacial score (nSPS) is 12.2. The van der Waals surface area contributed by atoms with Crippen LogP contribution in [0.25, 0.3) is 11.0 Å². The van der Waals surface area contributed by atoms with E-state index in [9.17, 15) is 5.11 Å². The number of aliphatic hydroxyl groups is 1. The fraction of sp³-hybridized carbons (Fsp3) is 0.533. The van der Waals surface area contributed by atoms with Crippen molar-refractivity contribution in [2.75, 3.05) is 13.2 Å². The molecule has 4 nitrogen and oxygen atoms in total. The second kappa shape index (κ2) is 6.17. The molecule has 2 rings (SSSR count). The van der Waals surface area contributed by atoms with E-state index >= 15 is 0 Å². The highest BCUT2D eigenvalue weighted by molar-refractivity contribution is 5.74. The molecule has 19 heavy (non-hydrogen) atoms. The number of aliphatic hydroxyl groups excluding tert-OH is 1. The predicted molar refractivity (Wildman–Crippen MR) is 77.9 cm³/mol. The van der Waals surface area contributed by atoms with Gasteiger partial charge in [-0.3, -0.25) is 0 Å². The number of aromatic amines is 1. The zero-order valence-corrected chi connectivity index (χ0v) is 11.7. The van der Waals surface area contributed by atoms with Crippen LogP contribution in [0.3, 0.4) is 0 Å². The Morgan fingerprint density at radius 3 is 2.63 bits per heavy atom. The summed E-state index contributed by atoms with van der Waals surface area (Å²) in [7, 11) is 0. The molecule has 3 N–H and O–H groups in total. The lowest BCUT2D eigenvalue weighted by Gasteiger charge is -2.29. The lowest BCUT2D eigenvalue weighted by atomic mass is 9.83. The van der Waals surface area contributed by atoms with E-state index in [1.165, 1.54) is 0 Å². The van der Waals surface area contributed by atoms with Crippen molar-refractivity contribution in [3.05, 3.63) is 30.1 Å². The van der Waals surface area contributed by atoms with Crippen LogP contribution in [0.4, 0.5) is 0 Å². The average Bonchev–Trinajstić information content (AvgIpc) is 2.87. The van der Waals surface area contributed by atoms with Crippen molar-refractivity contribution in [1.29, 1.82) is 0 Å². The van der Waals surface area contributed by atoms with Gasteiger partial charge in [-0.1, -0.05) is 26.0 Å². The van der Waals surface area contributed by atoms with E-state index < -0.39 is 0 Å². The molecule has 0 fully saturated rings. The molecule has 0 atom stereocenters. The first-order chi connectivity index (χ1) is 9.23. The number of benzene rings is 1. The van der Waals surface area contributed by atoms with Crippen molar-refractivity contribution in [3.63, 3.8) is 0 Å². The topological polar surface area (TPSA) is 60.9 Å². The fourth-order valence-corrected chi connectivity index (χ4v) is 2.31. The maximum atomic E-state index is 9.52. The molecule has 1 aromatic heterocycles. The molecule has 0 saturated carbocycles. The van der Waals surface area contributed by atoms with Crippen molar-refractivity contribution in [2.45, 2.75) is 33.2 Å². The molecule has 0 aliphatic heterocycles. The number of nitrogens with zero attached hydrogens (tertiary/aromatic N) is 1. The zero-order valence-electron chi connectivity index (χ0n) is 11.7. The first-order valence-electron chi connectivity index (χ1n) is 6.98. The van der Waals surface area contributed by atoms with E-state index in [1.54, 1.807) is 0 Å². The van der Waals surface area contributed by atoms with Gasteiger partial charge in [-0.15, -0.1) is 0 Å². The van der Waals surface area contributed by atoms with Gasteiger partial charge in [0.1, 0.15) is 5.82 Å². The number of imidazole rings is 1. The molecule has 0 amide bonds. The largest absolute Gasteiger partial charge is 0.396 e. The number of aromatic nitrogens is 2. The SMILES string of the molecule is CCC(CC)(CO)CNCc1nc2ccccc2[nH]1. The molecule has 104 valence electrons. The van der Waals surface area contributed by atoms with Crippen LogP contribution in [0.1, 0.15) is 32.5 Å². The van der Waals surface area contributed by atoms with Crippen LogP contribution in [-0.4, -0.2) is 28.2 Å². The summed E-state index contributed by atoms with van der Waals surface area (Å²) >= 11 is 0. The van der Waals surface area contributed by atoms with Gasteiger partial charge in [0.2, 0.25) is 0 Å². The summed E-state index contributed by atoms with van der Waals surface area (Å²) in [5.41, 5.74) is 2.06. The Hall–Kier alpha value is -1.39. The lowest BCUT2D eigenvalue weighted by Crippen LogP contribution is -2.36. The number of hydrogen-bond donors (Lipinski definition) is 3. The molecule has 0 bridgehead atoms. The monoisotopic (exact) mass is 261 g/mol. The van der Waals surface area contributed by atoms with Crippen LogP contribution in [0.2, 0.25) is 0 Å². The standard InChI is InChI=1S/C15H23N3O/c1-3-15(4-2,11-19)10-16-9-14-17-12-7-5-6-8-13(12)18-14/h5-8,16,19H,3-4,9-11H2,1-2H3,(H,17,18). The van der Waals surface area contributed by atoms with Crippen molar-refractivity contribution in [3.8, 4) is 0 Å². The lowest BCUT2D eigenvalue weighted by molar-refractivity contribution is 0.113. The molecular formula is C15H23N3O. The van der Waals surface area contributed by atoms with E-state index in [-0.39, 0.29) is 12.0 Å². The van der Waals surface area contributed by atoms with E-state index in [0.29, 0.717) is 6.54 Å². The Balaban J connectivity index is 1.95. The summed E-state index contributed by atoms with van der Waals surface area (Å²) in [4.78, 5) is 7.83. The van der Waals surface area contributed by atoms with Gasteiger partial charge in [-0.05, 0) is 25.0 Å². The maximum Gasteiger partial charge on any atom is 0.121 e. The molecular weight excluding hydrogens is 238 g/mol. The highest BCUT2D eigenvalue weighted by Gasteiger charge is 2.24. The molecule has 4 heteroatoms. The Kier molecular flexibility index (Phi) is 4.56. The number of nitrogens with one attached hydrogen (secondary N) is 2. The Bertz CT molecular complexity index is 476. The minimum atomic E-state index is -0.00792. The van der Waals surface area contributed by atoms with E-state index in [2.05, 4.69) is 29.1 Å². The summed E-state index contributed by atoms with van der Waals surface area (Å²) in [6, 6.07) is 8.03. The van der Waals surface area contributed by atoms with Crippen molar-refractivity contribution in [1.82, 2.24) is 15.3 Å². The number of para-hydroxylation sites is 2. The molecule has 0 saturated heterocycles. The summed E-state index contributed by atoms with van der Waals surface area (Å²) in [6.07, 6.45) is 1.96. The Labute approximate surface area is 114 Å². The molecule has 2 aromatic rings.